The average Bonchev–Trinajstić information content (AvgIpc) is 2.82. The predicted octanol–water partition coefficient (Wildman–Crippen LogP) is 1.34. The van der Waals surface area contributed by atoms with Crippen LogP contribution in [0.15, 0.2) is 30.6 Å². The maximum Gasteiger partial charge on any atom is 0.149 e. The third-order valence-electron chi connectivity index (χ3n) is 3.02. The summed E-state index contributed by atoms with van der Waals surface area (Å²) in [6, 6.07) is 6.14. The standard InChI is InChI=1S/C13H17FN4O/c1-9(13-17-16-8-18(13)2)15-7-12(19)10-5-3-4-6-11(10)14/h3-6,8-9,12,15,19H,7H2,1-2H3. The number of nitrogens with one attached hydrogen (secondary N) is 1. The Morgan fingerprint density at radius 3 is 2.79 bits per heavy atom. The zero-order chi connectivity index (χ0) is 13.8. The van der Waals surface area contributed by atoms with E-state index in [2.05, 4.69) is 15.5 Å². The van der Waals surface area contributed by atoms with Gasteiger partial charge in [-0.25, -0.2) is 4.39 Å². The van der Waals surface area contributed by atoms with Crippen LogP contribution in [0.25, 0.3) is 0 Å². The van der Waals surface area contributed by atoms with Gasteiger partial charge in [0.15, 0.2) is 0 Å². The molecule has 0 saturated carbocycles. The van der Waals surface area contributed by atoms with E-state index in [0.29, 0.717) is 5.56 Å². The maximum atomic E-state index is 13.5. The van der Waals surface area contributed by atoms with Gasteiger partial charge in [-0.1, -0.05) is 18.2 Å². The van der Waals surface area contributed by atoms with Crippen LogP contribution in [0.1, 0.15) is 30.5 Å². The highest BCUT2D eigenvalue weighted by atomic mass is 19.1. The van der Waals surface area contributed by atoms with Crippen LogP contribution >= 0.6 is 0 Å². The molecule has 102 valence electrons. The van der Waals surface area contributed by atoms with Gasteiger partial charge in [0.25, 0.3) is 0 Å². The molecular weight excluding hydrogens is 247 g/mol. The minimum absolute atomic E-state index is 0.0751. The van der Waals surface area contributed by atoms with Crippen molar-refractivity contribution in [2.45, 2.75) is 19.1 Å². The lowest BCUT2D eigenvalue weighted by molar-refractivity contribution is 0.165. The van der Waals surface area contributed by atoms with Gasteiger partial charge in [0.1, 0.15) is 18.0 Å². The zero-order valence-electron chi connectivity index (χ0n) is 10.9. The van der Waals surface area contributed by atoms with Gasteiger partial charge in [0.2, 0.25) is 0 Å². The molecule has 1 aromatic heterocycles. The summed E-state index contributed by atoms with van der Waals surface area (Å²) in [6.45, 7) is 2.16. The second-order valence-corrected chi connectivity index (χ2v) is 4.47. The van der Waals surface area contributed by atoms with Crippen molar-refractivity contribution < 1.29 is 9.50 Å². The van der Waals surface area contributed by atoms with Crippen molar-refractivity contribution in [2.75, 3.05) is 6.54 Å². The van der Waals surface area contributed by atoms with Crippen LogP contribution in [0.2, 0.25) is 0 Å². The number of nitrogens with zero attached hydrogens (tertiary/aromatic N) is 3. The van der Waals surface area contributed by atoms with Crippen LogP contribution in [0.5, 0.6) is 0 Å². The number of benzene rings is 1. The SMILES string of the molecule is CC(NCC(O)c1ccccc1F)c1nncn1C. The van der Waals surface area contributed by atoms with Gasteiger partial charge in [0.05, 0.1) is 12.1 Å². The van der Waals surface area contributed by atoms with E-state index in [1.807, 2.05) is 14.0 Å². The summed E-state index contributed by atoms with van der Waals surface area (Å²) >= 11 is 0. The summed E-state index contributed by atoms with van der Waals surface area (Å²) in [5, 5.41) is 20.9. The Labute approximate surface area is 111 Å². The molecule has 0 radical (unpaired) electrons. The summed E-state index contributed by atoms with van der Waals surface area (Å²) in [5.74, 6) is 0.365. The first-order valence-corrected chi connectivity index (χ1v) is 6.09. The molecule has 0 aliphatic heterocycles. The molecule has 2 unspecified atom stereocenters. The number of hydrogen-bond acceptors (Lipinski definition) is 4. The largest absolute Gasteiger partial charge is 0.387 e. The normalized spacial score (nSPS) is 14.3. The molecule has 6 heteroatoms. The molecule has 0 fully saturated rings. The number of halogens is 1. The molecule has 0 saturated heterocycles. The number of aryl methyl sites for hydroxylation is 1. The highest BCUT2D eigenvalue weighted by molar-refractivity contribution is 5.20. The topological polar surface area (TPSA) is 63.0 Å². The molecule has 1 heterocycles. The molecular formula is C13H17FN4O. The Balaban J connectivity index is 1.96. The third kappa shape index (κ3) is 3.15. The molecule has 0 aliphatic carbocycles. The van der Waals surface area contributed by atoms with Gasteiger partial charge in [-0.05, 0) is 13.0 Å². The van der Waals surface area contributed by atoms with Gasteiger partial charge in [0, 0.05) is 19.2 Å². The van der Waals surface area contributed by atoms with E-state index in [0.717, 1.165) is 5.82 Å². The van der Waals surface area contributed by atoms with Gasteiger partial charge in [-0.3, -0.25) is 0 Å². The molecule has 0 bridgehead atoms. The molecule has 2 rings (SSSR count). The van der Waals surface area contributed by atoms with Crippen LogP contribution in [-0.4, -0.2) is 26.4 Å². The zero-order valence-corrected chi connectivity index (χ0v) is 10.9. The summed E-state index contributed by atoms with van der Waals surface area (Å²) in [4.78, 5) is 0. The molecule has 2 atom stereocenters. The molecule has 1 aromatic carbocycles. The molecule has 2 aromatic rings. The Bertz CT molecular complexity index is 543. The molecule has 0 spiro atoms. The molecule has 0 aliphatic rings. The molecule has 2 N–H and O–H groups in total. The van der Waals surface area contributed by atoms with Gasteiger partial charge in [-0.2, -0.15) is 0 Å². The fourth-order valence-corrected chi connectivity index (χ4v) is 1.92. The molecule has 5 nitrogen and oxygen atoms in total. The summed E-state index contributed by atoms with van der Waals surface area (Å²) < 4.78 is 15.3. The third-order valence-corrected chi connectivity index (χ3v) is 3.02. The minimum atomic E-state index is -0.892. The van der Waals surface area contributed by atoms with Crippen molar-refractivity contribution in [3.05, 3.63) is 47.8 Å². The average molecular weight is 264 g/mol. The van der Waals surface area contributed by atoms with Crippen molar-refractivity contribution >= 4 is 0 Å². The maximum absolute atomic E-state index is 13.5. The van der Waals surface area contributed by atoms with E-state index in [1.165, 1.54) is 6.07 Å². The monoisotopic (exact) mass is 264 g/mol. The van der Waals surface area contributed by atoms with Crippen LogP contribution in [-0.2, 0) is 7.05 Å². The Morgan fingerprint density at radius 1 is 1.42 bits per heavy atom. The fourth-order valence-electron chi connectivity index (χ4n) is 1.92. The number of rotatable bonds is 5. The minimum Gasteiger partial charge on any atom is -0.387 e. The van der Waals surface area contributed by atoms with Crippen molar-refractivity contribution in [1.29, 1.82) is 0 Å². The highest BCUT2D eigenvalue weighted by Gasteiger charge is 2.15. The molecule has 19 heavy (non-hydrogen) atoms. The predicted molar refractivity (Wildman–Crippen MR) is 68.8 cm³/mol. The number of aliphatic hydroxyl groups excluding tert-OH is 1. The van der Waals surface area contributed by atoms with Crippen molar-refractivity contribution in [1.82, 2.24) is 20.1 Å². The number of aliphatic hydroxyl groups is 1. The van der Waals surface area contributed by atoms with E-state index < -0.39 is 11.9 Å². The van der Waals surface area contributed by atoms with E-state index in [9.17, 15) is 9.50 Å². The van der Waals surface area contributed by atoms with E-state index in [4.69, 9.17) is 0 Å². The second kappa shape index (κ2) is 5.90. The fraction of sp³-hybridized carbons (Fsp3) is 0.385. The van der Waals surface area contributed by atoms with Crippen LogP contribution in [0.4, 0.5) is 4.39 Å². The Kier molecular flexibility index (Phi) is 4.24. The summed E-state index contributed by atoms with van der Waals surface area (Å²) in [7, 11) is 1.85. The Morgan fingerprint density at radius 2 is 2.16 bits per heavy atom. The second-order valence-electron chi connectivity index (χ2n) is 4.47. The molecule has 0 amide bonds. The lowest BCUT2D eigenvalue weighted by Gasteiger charge is -2.17. The smallest absolute Gasteiger partial charge is 0.149 e. The number of hydrogen-bond donors (Lipinski definition) is 2. The van der Waals surface area contributed by atoms with Gasteiger partial charge in [-0.15, -0.1) is 10.2 Å². The van der Waals surface area contributed by atoms with Crippen molar-refractivity contribution in [3.63, 3.8) is 0 Å². The van der Waals surface area contributed by atoms with Crippen LogP contribution in [0, 0.1) is 5.82 Å². The summed E-state index contributed by atoms with van der Waals surface area (Å²) in [6.07, 6.45) is 0.720. The van der Waals surface area contributed by atoms with E-state index >= 15 is 0 Å². The van der Waals surface area contributed by atoms with Crippen molar-refractivity contribution in [2.24, 2.45) is 7.05 Å². The lowest BCUT2D eigenvalue weighted by Crippen LogP contribution is -2.26. The van der Waals surface area contributed by atoms with E-state index in [1.54, 1.807) is 29.1 Å². The first-order chi connectivity index (χ1) is 9.09. The quantitative estimate of drug-likeness (QED) is 0.855. The van der Waals surface area contributed by atoms with Gasteiger partial charge < -0.3 is 15.0 Å². The lowest BCUT2D eigenvalue weighted by atomic mass is 10.1. The first kappa shape index (κ1) is 13.6. The first-order valence-electron chi connectivity index (χ1n) is 6.09. The summed E-state index contributed by atoms with van der Waals surface area (Å²) in [5.41, 5.74) is 0.292. The number of aromatic nitrogens is 3. The van der Waals surface area contributed by atoms with Crippen LogP contribution < -0.4 is 5.32 Å². The van der Waals surface area contributed by atoms with Gasteiger partial charge >= 0.3 is 0 Å². The van der Waals surface area contributed by atoms with Crippen LogP contribution in [0.3, 0.4) is 0 Å². The highest BCUT2D eigenvalue weighted by Crippen LogP contribution is 2.17. The van der Waals surface area contributed by atoms with E-state index in [-0.39, 0.29) is 12.6 Å². The van der Waals surface area contributed by atoms with Crippen molar-refractivity contribution in [3.8, 4) is 0 Å². The Hall–Kier alpha value is -1.79.